The van der Waals surface area contributed by atoms with Crippen LogP contribution in [0.1, 0.15) is 5.56 Å². The quantitative estimate of drug-likeness (QED) is 0.208. The Morgan fingerprint density at radius 3 is 1.69 bits per heavy atom. The van der Waals surface area contributed by atoms with Gasteiger partial charge in [-0.25, -0.2) is 4.85 Å². The monoisotopic (exact) mass is 534 g/mol. The highest BCUT2D eigenvalue weighted by molar-refractivity contribution is 6.12. The minimum atomic E-state index is 0.509. The third kappa shape index (κ3) is 3.47. The van der Waals surface area contributed by atoms with E-state index in [1.54, 1.807) is 12.1 Å². The Morgan fingerprint density at radius 1 is 0.524 bits per heavy atom. The van der Waals surface area contributed by atoms with Crippen LogP contribution in [-0.4, -0.2) is 9.13 Å². The largest absolute Gasteiger partial charge is 0.309 e. The molecule has 42 heavy (non-hydrogen) atoms. The smallest absolute Gasteiger partial charge is 0.189 e. The summed E-state index contributed by atoms with van der Waals surface area (Å²) < 4.78 is 4.44. The van der Waals surface area contributed by atoms with Crippen LogP contribution >= 0.6 is 0 Å². The van der Waals surface area contributed by atoms with Crippen LogP contribution < -0.4 is 0 Å². The van der Waals surface area contributed by atoms with E-state index in [-0.39, 0.29) is 0 Å². The zero-order valence-electron chi connectivity index (χ0n) is 22.5. The van der Waals surface area contributed by atoms with Crippen LogP contribution in [0.3, 0.4) is 0 Å². The van der Waals surface area contributed by atoms with Gasteiger partial charge in [-0.2, -0.15) is 5.26 Å². The van der Waals surface area contributed by atoms with E-state index in [1.807, 2.05) is 24.3 Å². The van der Waals surface area contributed by atoms with Gasteiger partial charge in [0.05, 0.1) is 39.9 Å². The Labute approximate surface area is 242 Å². The molecular weight excluding hydrogens is 512 g/mol. The number of nitrogens with zero attached hydrogens (tertiary/aromatic N) is 4. The molecular formula is C38H22N4. The number of benzene rings is 6. The molecule has 0 unspecified atom stereocenters. The molecule has 0 aliphatic rings. The van der Waals surface area contributed by atoms with Gasteiger partial charge < -0.3 is 9.13 Å². The lowest BCUT2D eigenvalue weighted by Gasteiger charge is -2.11. The van der Waals surface area contributed by atoms with Crippen molar-refractivity contribution in [2.24, 2.45) is 0 Å². The second kappa shape index (κ2) is 9.24. The van der Waals surface area contributed by atoms with Gasteiger partial charge in [-0.3, -0.25) is 0 Å². The first kappa shape index (κ1) is 23.8. The van der Waals surface area contributed by atoms with Crippen molar-refractivity contribution in [2.75, 3.05) is 0 Å². The van der Waals surface area contributed by atoms with Crippen LogP contribution in [-0.2, 0) is 0 Å². The molecule has 0 atom stereocenters. The predicted molar refractivity (Wildman–Crippen MR) is 172 cm³/mol. The van der Waals surface area contributed by atoms with Crippen molar-refractivity contribution in [3.8, 4) is 28.6 Å². The third-order valence-corrected chi connectivity index (χ3v) is 8.16. The summed E-state index contributed by atoms with van der Waals surface area (Å²) in [4.78, 5) is 3.62. The Balaban J connectivity index is 1.36. The number of hydrogen-bond acceptors (Lipinski definition) is 1. The Hall–Kier alpha value is -6.10. The Kier molecular flexibility index (Phi) is 5.22. The SMILES string of the molecule is [C-]#[N+]c1ccc(C#N)c(-n2c3ccccc3c3cc(-c4ccc5c(c4)c4ccccc4n5-c4ccccc4)ccc32)c1. The van der Waals surface area contributed by atoms with Crippen LogP contribution in [0.25, 0.3) is 71.0 Å². The molecule has 194 valence electrons. The molecule has 4 nitrogen and oxygen atoms in total. The molecule has 0 amide bonds. The standard InChI is InChI=1S/C38H22N4/c1-40-28-18-15-27(24-39)38(23-28)42-35-14-8-6-12-31(35)33-22-26(17-20-37(33)42)25-16-19-36-32(21-25)30-11-5-7-13-34(30)41(36)29-9-3-2-4-10-29/h2-23H. The molecule has 0 saturated heterocycles. The predicted octanol–water partition coefficient (Wildman–Crippen LogP) is 9.97. The summed E-state index contributed by atoms with van der Waals surface area (Å²) in [7, 11) is 0. The molecule has 0 saturated carbocycles. The summed E-state index contributed by atoms with van der Waals surface area (Å²) in [5.41, 5.74) is 9.54. The molecule has 0 aliphatic heterocycles. The van der Waals surface area contributed by atoms with Crippen molar-refractivity contribution < 1.29 is 0 Å². The highest BCUT2D eigenvalue weighted by atomic mass is 15.0. The number of nitriles is 1. The molecule has 0 N–H and O–H groups in total. The molecule has 0 fully saturated rings. The van der Waals surface area contributed by atoms with E-state index in [0.717, 1.165) is 44.3 Å². The van der Waals surface area contributed by atoms with Gasteiger partial charge in [-0.15, -0.1) is 0 Å². The van der Waals surface area contributed by atoms with E-state index >= 15 is 0 Å². The van der Waals surface area contributed by atoms with Crippen molar-refractivity contribution >= 4 is 49.3 Å². The fraction of sp³-hybridized carbons (Fsp3) is 0. The number of fused-ring (bicyclic) bond motifs is 6. The molecule has 0 bridgehead atoms. The van der Waals surface area contributed by atoms with Gasteiger partial charge >= 0.3 is 0 Å². The maximum Gasteiger partial charge on any atom is 0.189 e. The van der Waals surface area contributed by atoms with Gasteiger partial charge in [0, 0.05) is 27.2 Å². The van der Waals surface area contributed by atoms with Crippen LogP contribution in [0.15, 0.2) is 133 Å². The van der Waals surface area contributed by atoms with Gasteiger partial charge in [0.2, 0.25) is 0 Å². The molecule has 0 aliphatic carbocycles. The summed E-state index contributed by atoms with van der Waals surface area (Å²) in [5.74, 6) is 0. The van der Waals surface area contributed by atoms with Crippen LogP contribution in [0.2, 0.25) is 0 Å². The summed E-state index contributed by atoms with van der Waals surface area (Å²) >= 11 is 0. The van der Waals surface area contributed by atoms with E-state index < -0.39 is 0 Å². The van der Waals surface area contributed by atoms with E-state index in [4.69, 9.17) is 6.57 Å². The molecule has 0 spiro atoms. The number of aromatic nitrogens is 2. The number of para-hydroxylation sites is 3. The molecule has 8 aromatic rings. The van der Waals surface area contributed by atoms with Crippen molar-refractivity contribution in [1.82, 2.24) is 9.13 Å². The summed E-state index contributed by atoms with van der Waals surface area (Å²) in [5, 5.41) is 14.6. The minimum Gasteiger partial charge on any atom is -0.309 e. The summed E-state index contributed by atoms with van der Waals surface area (Å²) in [6, 6.07) is 48.1. The molecule has 6 aromatic carbocycles. The molecule has 4 heteroatoms. The highest BCUT2D eigenvalue weighted by Gasteiger charge is 2.17. The van der Waals surface area contributed by atoms with Gasteiger partial charge in [0.1, 0.15) is 6.07 Å². The normalized spacial score (nSPS) is 11.3. The summed E-state index contributed by atoms with van der Waals surface area (Å²) in [6.07, 6.45) is 0. The van der Waals surface area contributed by atoms with Crippen molar-refractivity contribution in [1.29, 1.82) is 5.26 Å². The highest BCUT2D eigenvalue weighted by Crippen LogP contribution is 2.39. The first-order valence-corrected chi connectivity index (χ1v) is 13.8. The fourth-order valence-corrected chi connectivity index (χ4v) is 6.29. The Bertz CT molecular complexity index is 2430. The number of rotatable bonds is 3. The van der Waals surface area contributed by atoms with Crippen LogP contribution in [0, 0.1) is 17.9 Å². The second-order valence-electron chi connectivity index (χ2n) is 10.4. The number of hydrogen-bond donors (Lipinski definition) is 0. The maximum atomic E-state index is 9.91. The van der Waals surface area contributed by atoms with Crippen LogP contribution in [0.5, 0.6) is 0 Å². The van der Waals surface area contributed by atoms with E-state index in [0.29, 0.717) is 11.3 Å². The van der Waals surface area contributed by atoms with Gasteiger partial charge in [0.25, 0.3) is 0 Å². The summed E-state index contributed by atoms with van der Waals surface area (Å²) in [6.45, 7) is 7.53. The first-order chi connectivity index (χ1) is 20.7. The molecule has 0 radical (unpaired) electrons. The van der Waals surface area contributed by atoms with Crippen molar-refractivity contribution in [2.45, 2.75) is 0 Å². The van der Waals surface area contributed by atoms with Gasteiger partial charge in [-0.1, -0.05) is 78.9 Å². The maximum absolute atomic E-state index is 9.91. The lowest BCUT2D eigenvalue weighted by Crippen LogP contribution is -1.97. The van der Waals surface area contributed by atoms with Crippen molar-refractivity contribution in [3.63, 3.8) is 0 Å². The van der Waals surface area contributed by atoms with Gasteiger partial charge in [-0.05, 0) is 65.7 Å². The van der Waals surface area contributed by atoms with E-state index in [1.165, 1.54) is 21.8 Å². The van der Waals surface area contributed by atoms with Crippen LogP contribution in [0.4, 0.5) is 5.69 Å². The fourth-order valence-electron chi connectivity index (χ4n) is 6.29. The average Bonchev–Trinajstić information content (AvgIpc) is 3.57. The zero-order chi connectivity index (χ0) is 28.2. The lowest BCUT2D eigenvalue weighted by molar-refractivity contribution is 1.17. The minimum absolute atomic E-state index is 0.509. The molecule has 2 aromatic heterocycles. The molecule has 2 heterocycles. The third-order valence-electron chi connectivity index (χ3n) is 8.16. The zero-order valence-corrected chi connectivity index (χ0v) is 22.5. The molecule has 8 rings (SSSR count). The average molecular weight is 535 g/mol. The Morgan fingerprint density at radius 2 is 1.07 bits per heavy atom. The second-order valence-corrected chi connectivity index (χ2v) is 10.4. The van der Waals surface area contributed by atoms with E-state index in [9.17, 15) is 5.26 Å². The van der Waals surface area contributed by atoms with Crippen molar-refractivity contribution in [3.05, 3.63) is 150 Å². The van der Waals surface area contributed by atoms with Gasteiger partial charge in [0.15, 0.2) is 5.69 Å². The first-order valence-electron chi connectivity index (χ1n) is 13.8. The topological polar surface area (TPSA) is 38.0 Å². The van der Waals surface area contributed by atoms with E-state index in [2.05, 4.69) is 117 Å². The lowest BCUT2D eigenvalue weighted by atomic mass is 10.0.